The SMILES string of the molecule is CC(Nc1ccc(Br)c(C(F)(F)F)c1)c1ccc(I)cc1. The molecule has 0 spiro atoms. The van der Waals surface area contributed by atoms with Gasteiger partial charge in [-0.25, -0.2) is 0 Å². The molecule has 1 atom stereocenters. The first-order valence-corrected chi connectivity index (χ1v) is 8.03. The summed E-state index contributed by atoms with van der Waals surface area (Å²) in [6.07, 6.45) is -4.37. The lowest BCUT2D eigenvalue weighted by molar-refractivity contribution is -0.138. The van der Waals surface area contributed by atoms with E-state index in [1.807, 2.05) is 31.2 Å². The summed E-state index contributed by atoms with van der Waals surface area (Å²) < 4.78 is 39.8. The molecular weight excluding hydrogens is 458 g/mol. The highest BCUT2D eigenvalue weighted by molar-refractivity contribution is 14.1. The second kappa shape index (κ2) is 6.56. The number of benzene rings is 2. The molecule has 2 aromatic carbocycles. The van der Waals surface area contributed by atoms with E-state index < -0.39 is 11.7 Å². The Labute approximate surface area is 143 Å². The molecular formula is C15H12BrF3IN. The van der Waals surface area contributed by atoms with E-state index in [2.05, 4.69) is 43.8 Å². The maximum absolute atomic E-state index is 12.9. The van der Waals surface area contributed by atoms with Crippen molar-refractivity contribution in [2.75, 3.05) is 5.32 Å². The average molecular weight is 470 g/mol. The Morgan fingerprint density at radius 1 is 1.10 bits per heavy atom. The fraction of sp³-hybridized carbons (Fsp3) is 0.200. The van der Waals surface area contributed by atoms with Crippen molar-refractivity contribution in [3.8, 4) is 0 Å². The number of anilines is 1. The summed E-state index contributed by atoms with van der Waals surface area (Å²) in [5, 5.41) is 3.09. The summed E-state index contributed by atoms with van der Waals surface area (Å²) in [7, 11) is 0. The maximum atomic E-state index is 12.9. The van der Waals surface area contributed by atoms with Crippen LogP contribution in [-0.2, 0) is 6.18 Å². The van der Waals surface area contributed by atoms with Crippen LogP contribution in [0.1, 0.15) is 24.1 Å². The highest BCUT2D eigenvalue weighted by Crippen LogP contribution is 2.36. The average Bonchev–Trinajstić information content (AvgIpc) is 2.40. The zero-order chi connectivity index (χ0) is 15.6. The molecule has 0 saturated carbocycles. The van der Waals surface area contributed by atoms with Crippen LogP contribution in [0.5, 0.6) is 0 Å². The van der Waals surface area contributed by atoms with Crippen LogP contribution in [-0.4, -0.2) is 0 Å². The smallest absolute Gasteiger partial charge is 0.379 e. The van der Waals surface area contributed by atoms with Gasteiger partial charge in [0.2, 0.25) is 0 Å². The minimum absolute atomic E-state index is 0.0440. The van der Waals surface area contributed by atoms with Crippen molar-refractivity contribution in [3.63, 3.8) is 0 Å². The lowest BCUT2D eigenvalue weighted by atomic mass is 10.1. The molecule has 1 nitrogen and oxygen atoms in total. The minimum Gasteiger partial charge on any atom is -0.379 e. The number of hydrogen-bond donors (Lipinski definition) is 1. The Balaban J connectivity index is 2.21. The molecule has 0 heterocycles. The standard InChI is InChI=1S/C15H12BrF3IN/c1-9(10-2-4-11(20)5-3-10)21-12-6-7-14(16)13(8-12)15(17,18)19/h2-9,21H,1H3. The highest BCUT2D eigenvalue weighted by Gasteiger charge is 2.33. The van der Waals surface area contributed by atoms with Gasteiger partial charge in [0, 0.05) is 19.8 Å². The largest absolute Gasteiger partial charge is 0.417 e. The van der Waals surface area contributed by atoms with E-state index in [9.17, 15) is 13.2 Å². The van der Waals surface area contributed by atoms with E-state index in [1.165, 1.54) is 6.07 Å². The van der Waals surface area contributed by atoms with Crippen LogP contribution in [0.3, 0.4) is 0 Å². The van der Waals surface area contributed by atoms with Gasteiger partial charge in [-0.2, -0.15) is 13.2 Å². The van der Waals surface area contributed by atoms with Crippen LogP contribution in [0.4, 0.5) is 18.9 Å². The van der Waals surface area contributed by atoms with Crippen LogP contribution >= 0.6 is 38.5 Å². The molecule has 2 rings (SSSR count). The van der Waals surface area contributed by atoms with Gasteiger partial charge in [-0.05, 0) is 65.4 Å². The first-order chi connectivity index (χ1) is 9.77. The number of rotatable bonds is 3. The Hall–Kier alpha value is -0.760. The van der Waals surface area contributed by atoms with Crippen molar-refractivity contribution >= 4 is 44.2 Å². The lowest BCUT2D eigenvalue weighted by Crippen LogP contribution is -2.10. The van der Waals surface area contributed by atoms with Crippen LogP contribution in [0.15, 0.2) is 46.9 Å². The van der Waals surface area contributed by atoms with Gasteiger partial charge >= 0.3 is 6.18 Å². The zero-order valence-electron chi connectivity index (χ0n) is 11.0. The lowest BCUT2D eigenvalue weighted by Gasteiger charge is -2.18. The van der Waals surface area contributed by atoms with Gasteiger partial charge in [-0.15, -0.1) is 0 Å². The molecule has 0 aromatic heterocycles. The Kier molecular flexibility index (Phi) is 5.19. The number of nitrogens with one attached hydrogen (secondary N) is 1. The molecule has 1 unspecified atom stereocenters. The van der Waals surface area contributed by atoms with Gasteiger partial charge in [0.1, 0.15) is 0 Å². The van der Waals surface area contributed by atoms with Crippen molar-refractivity contribution in [2.45, 2.75) is 19.1 Å². The summed E-state index contributed by atoms with van der Waals surface area (Å²) >= 11 is 5.15. The van der Waals surface area contributed by atoms with E-state index in [-0.39, 0.29) is 10.5 Å². The summed E-state index contributed by atoms with van der Waals surface area (Å²) in [6.45, 7) is 1.91. The molecule has 112 valence electrons. The Morgan fingerprint density at radius 2 is 1.71 bits per heavy atom. The molecule has 21 heavy (non-hydrogen) atoms. The third-order valence-corrected chi connectivity index (χ3v) is 4.44. The van der Waals surface area contributed by atoms with Gasteiger partial charge in [0.15, 0.2) is 0 Å². The quantitative estimate of drug-likeness (QED) is 0.524. The summed E-state index contributed by atoms with van der Waals surface area (Å²) in [4.78, 5) is 0. The van der Waals surface area contributed by atoms with Crippen molar-refractivity contribution in [1.29, 1.82) is 0 Å². The molecule has 0 aliphatic carbocycles. The number of hydrogen-bond acceptors (Lipinski definition) is 1. The van der Waals surface area contributed by atoms with Crippen molar-refractivity contribution in [2.24, 2.45) is 0 Å². The van der Waals surface area contributed by atoms with Gasteiger partial charge in [0.25, 0.3) is 0 Å². The molecule has 0 radical (unpaired) electrons. The predicted molar refractivity (Wildman–Crippen MR) is 90.3 cm³/mol. The van der Waals surface area contributed by atoms with Crippen LogP contribution in [0, 0.1) is 3.57 Å². The van der Waals surface area contributed by atoms with Gasteiger partial charge in [-0.1, -0.05) is 28.1 Å². The highest BCUT2D eigenvalue weighted by atomic mass is 127. The van der Waals surface area contributed by atoms with E-state index in [0.717, 1.165) is 15.2 Å². The van der Waals surface area contributed by atoms with Crippen LogP contribution < -0.4 is 5.32 Å². The molecule has 0 aliphatic rings. The van der Waals surface area contributed by atoms with E-state index >= 15 is 0 Å². The van der Waals surface area contributed by atoms with Crippen molar-refractivity contribution < 1.29 is 13.2 Å². The first kappa shape index (κ1) is 16.6. The minimum atomic E-state index is -4.37. The monoisotopic (exact) mass is 469 g/mol. The van der Waals surface area contributed by atoms with Crippen molar-refractivity contribution in [3.05, 3.63) is 61.6 Å². The third-order valence-electron chi connectivity index (χ3n) is 3.02. The second-order valence-corrected chi connectivity index (χ2v) is 6.71. The van der Waals surface area contributed by atoms with Gasteiger partial charge in [-0.3, -0.25) is 0 Å². The number of halogens is 5. The first-order valence-electron chi connectivity index (χ1n) is 6.16. The topological polar surface area (TPSA) is 12.0 Å². The van der Waals surface area contributed by atoms with Crippen LogP contribution in [0.2, 0.25) is 0 Å². The Morgan fingerprint density at radius 3 is 2.29 bits per heavy atom. The van der Waals surface area contributed by atoms with E-state index in [4.69, 9.17) is 0 Å². The number of alkyl halides is 3. The zero-order valence-corrected chi connectivity index (χ0v) is 14.8. The fourth-order valence-electron chi connectivity index (χ4n) is 1.92. The van der Waals surface area contributed by atoms with E-state index in [1.54, 1.807) is 6.07 Å². The molecule has 0 fully saturated rings. The molecule has 2 aromatic rings. The predicted octanol–water partition coefficient (Wildman–Crippen LogP) is 6.25. The van der Waals surface area contributed by atoms with Gasteiger partial charge in [0.05, 0.1) is 5.56 Å². The maximum Gasteiger partial charge on any atom is 0.417 e. The molecule has 0 amide bonds. The fourth-order valence-corrected chi connectivity index (χ4v) is 2.75. The van der Waals surface area contributed by atoms with E-state index in [0.29, 0.717) is 5.69 Å². The normalized spacial score (nSPS) is 13.0. The molecule has 0 bridgehead atoms. The Bertz CT molecular complexity index is 626. The van der Waals surface area contributed by atoms with Gasteiger partial charge < -0.3 is 5.32 Å². The summed E-state index contributed by atoms with van der Waals surface area (Å²) in [5.74, 6) is 0. The summed E-state index contributed by atoms with van der Waals surface area (Å²) in [6, 6.07) is 11.9. The summed E-state index contributed by atoms with van der Waals surface area (Å²) in [5.41, 5.74) is 0.783. The second-order valence-electron chi connectivity index (χ2n) is 4.61. The molecule has 0 saturated heterocycles. The molecule has 6 heteroatoms. The molecule has 1 N–H and O–H groups in total. The molecule has 0 aliphatic heterocycles. The van der Waals surface area contributed by atoms with Crippen LogP contribution in [0.25, 0.3) is 0 Å². The van der Waals surface area contributed by atoms with Crippen molar-refractivity contribution in [1.82, 2.24) is 0 Å². The third kappa shape index (κ3) is 4.35.